The molecule has 0 atom stereocenters. The summed E-state index contributed by atoms with van der Waals surface area (Å²) < 4.78 is 1.73. The highest BCUT2D eigenvalue weighted by Crippen LogP contribution is 2.13. The Kier molecular flexibility index (Phi) is 3.21. The standard InChI is InChI=1S/C10H14N6/c1-8-3-5-12-9(7-8)10-13-14-15-16(10)6-2-4-11/h3,5,7H,2,4,6,11H2,1H3. The topological polar surface area (TPSA) is 82.5 Å². The fourth-order valence-electron chi connectivity index (χ4n) is 1.44. The second kappa shape index (κ2) is 4.80. The van der Waals surface area contributed by atoms with Gasteiger partial charge in [-0.1, -0.05) is 0 Å². The number of hydrogen-bond acceptors (Lipinski definition) is 5. The third-order valence-electron chi connectivity index (χ3n) is 2.25. The lowest BCUT2D eigenvalue weighted by Crippen LogP contribution is -2.08. The fourth-order valence-corrected chi connectivity index (χ4v) is 1.44. The minimum absolute atomic E-state index is 0.626. The molecule has 0 spiro atoms. The fraction of sp³-hybridized carbons (Fsp3) is 0.400. The largest absolute Gasteiger partial charge is 0.330 e. The van der Waals surface area contributed by atoms with Crippen molar-refractivity contribution in [1.82, 2.24) is 25.2 Å². The van der Waals surface area contributed by atoms with Gasteiger partial charge in [0.25, 0.3) is 0 Å². The van der Waals surface area contributed by atoms with Crippen LogP contribution in [0.4, 0.5) is 0 Å². The van der Waals surface area contributed by atoms with Gasteiger partial charge in [-0.15, -0.1) is 5.10 Å². The summed E-state index contributed by atoms with van der Waals surface area (Å²) in [7, 11) is 0. The average molecular weight is 218 g/mol. The SMILES string of the molecule is Cc1ccnc(-c2nnnn2CCCN)c1. The molecule has 0 radical (unpaired) electrons. The second-order valence-corrected chi connectivity index (χ2v) is 3.59. The Morgan fingerprint density at radius 3 is 3.06 bits per heavy atom. The van der Waals surface area contributed by atoms with E-state index in [1.165, 1.54) is 0 Å². The van der Waals surface area contributed by atoms with Gasteiger partial charge in [-0.05, 0) is 48.0 Å². The van der Waals surface area contributed by atoms with E-state index in [1.807, 2.05) is 19.1 Å². The lowest BCUT2D eigenvalue weighted by atomic mass is 10.2. The van der Waals surface area contributed by atoms with Crippen molar-refractivity contribution < 1.29 is 0 Å². The van der Waals surface area contributed by atoms with Gasteiger partial charge in [0.2, 0.25) is 5.82 Å². The Balaban J connectivity index is 2.29. The number of nitrogens with two attached hydrogens (primary N) is 1. The maximum absolute atomic E-state index is 5.46. The van der Waals surface area contributed by atoms with Gasteiger partial charge in [-0.2, -0.15) is 0 Å². The van der Waals surface area contributed by atoms with Crippen LogP contribution in [0.3, 0.4) is 0 Å². The normalized spacial score (nSPS) is 10.6. The van der Waals surface area contributed by atoms with Gasteiger partial charge in [0.15, 0.2) is 0 Å². The Morgan fingerprint density at radius 1 is 1.44 bits per heavy atom. The van der Waals surface area contributed by atoms with Crippen LogP contribution in [0.25, 0.3) is 11.5 Å². The number of hydrogen-bond donors (Lipinski definition) is 1. The Hall–Kier alpha value is -1.82. The predicted molar refractivity (Wildman–Crippen MR) is 59.5 cm³/mol. The second-order valence-electron chi connectivity index (χ2n) is 3.59. The van der Waals surface area contributed by atoms with E-state index >= 15 is 0 Å². The molecular weight excluding hydrogens is 204 g/mol. The third-order valence-corrected chi connectivity index (χ3v) is 2.25. The Labute approximate surface area is 93.5 Å². The molecule has 0 saturated carbocycles. The van der Waals surface area contributed by atoms with E-state index in [0.717, 1.165) is 17.7 Å². The van der Waals surface area contributed by atoms with Crippen molar-refractivity contribution in [2.45, 2.75) is 19.9 Å². The van der Waals surface area contributed by atoms with E-state index in [9.17, 15) is 0 Å². The third kappa shape index (κ3) is 2.22. The van der Waals surface area contributed by atoms with Crippen molar-refractivity contribution in [1.29, 1.82) is 0 Å². The highest BCUT2D eigenvalue weighted by atomic mass is 15.5. The number of nitrogens with zero attached hydrogens (tertiary/aromatic N) is 5. The molecule has 0 unspecified atom stereocenters. The van der Waals surface area contributed by atoms with Crippen LogP contribution in [0, 0.1) is 6.92 Å². The van der Waals surface area contributed by atoms with Gasteiger partial charge < -0.3 is 5.73 Å². The zero-order chi connectivity index (χ0) is 11.4. The lowest BCUT2D eigenvalue weighted by Gasteiger charge is -2.03. The van der Waals surface area contributed by atoms with Gasteiger partial charge in [0.1, 0.15) is 5.69 Å². The molecule has 16 heavy (non-hydrogen) atoms. The van der Waals surface area contributed by atoms with Crippen molar-refractivity contribution in [3.8, 4) is 11.5 Å². The number of tetrazole rings is 1. The van der Waals surface area contributed by atoms with E-state index in [2.05, 4.69) is 20.5 Å². The molecule has 6 nitrogen and oxygen atoms in total. The first-order chi connectivity index (χ1) is 7.81. The molecule has 2 rings (SSSR count). The first kappa shape index (κ1) is 10.7. The van der Waals surface area contributed by atoms with Crippen LogP contribution in [0.2, 0.25) is 0 Å². The maximum Gasteiger partial charge on any atom is 0.200 e. The summed E-state index contributed by atoms with van der Waals surface area (Å²) in [6.07, 6.45) is 2.61. The number of pyridine rings is 1. The predicted octanol–water partition coefficient (Wildman–Crippen LogP) is 0.392. The molecule has 2 N–H and O–H groups in total. The Bertz CT molecular complexity index is 464. The molecule has 0 aliphatic heterocycles. The minimum Gasteiger partial charge on any atom is -0.330 e. The molecule has 0 fully saturated rings. The van der Waals surface area contributed by atoms with Gasteiger partial charge in [0, 0.05) is 12.7 Å². The van der Waals surface area contributed by atoms with Crippen molar-refractivity contribution in [2.75, 3.05) is 6.54 Å². The molecule has 6 heteroatoms. The van der Waals surface area contributed by atoms with Crippen LogP contribution in [0.15, 0.2) is 18.3 Å². The summed E-state index contributed by atoms with van der Waals surface area (Å²) in [5.74, 6) is 0.692. The highest BCUT2D eigenvalue weighted by molar-refractivity contribution is 5.49. The van der Waals surface area contributed by atoms with Crippen LogP contribution in [0.5, 0.6) is 0 Å². The van der Waals surface area contributed by atoms with Gasteiger partial charge in [-0.3, -0.25) is 4.98 Å². The van der Waals surface area contributed by atoms with E-state index < -0.39 is 0 Å². The zero-order valence-electron chi connectivity index (χ0n) is 9.17. The summed E-state index contributed by atoms with van der Waals surface area (Å²) in [5, 5.41) is 11.6. The van der Waals surface area contributed by atoms with Gasteiger partial charge >= 0.3 is 0 Å². The van der Waals surface area contributed by atoms with Crippen LogP contribution in [-0.2, 0) is 6.54 Å². The summed E-state index contributed by atoms with van der Waals surface area (Å²) in [6, 6.07) is 3.90. The molecule has 84 valence electrons. The average Bonchev–Trinajstić information content (AvgIpc) is 2.74. The van der Waals surface area contributed by atoms with Gasteiger partial charge in [-0.25, -0.2) is 4.68 Å². The molecule has 0 amide bonds. The molecular formula is C10H14N6. The first-order valence-corrected chi connectivity index (χ1v) is 5.20. The first-order valence-electron chi connectivity index (χ1n) is 5.20. The quantitative estimate of drug-likeness (QED) is 0.802. The van der Waals surface area contributed by atoms with Crippen molar-refractivity contribution >= 4 is 0 Å². The maximum atomic E-state index is 5.46. The minimum atomic E-state index is 0.626. The summed E-state index contributed by atoms with van der Waals surface area (Å²) >= 11 is 0. The van der Waals surface area contributed by atoms with Crippen molar-refractivity contribution in [3.05, 3.63) is 23.9 Å². The van der Waals surface area contributed by atoms with Crippen LogP contribution < -0.4 is 5.73 Å². The molecule has 2 aromatic rings. The molecule has 2 aromatic heterocycles. The van der Waals surface area contributed by atoms with Crippen LogP contribution >= 0.6 is 0 Å². The van der Waals surface area contributed by atoms with Crippen LogP contribution in [-0.4, -0.2) is 31.7 Å². The zero-order valence-corrected chi connectivity index (χ0v) is 9.17. The Morgan fingerprint density at radius 2 is 2.31 bits per heavy atom. The van der Waals surface area contributed by atoms with E-state index in [-0.39, 0.29) is 0 Å². The molecule has 0 aromatic carbocycles. The number of rotatable bonds is 4. The number of aryl methyl sites for hydroxylation is 2. The lowest BCUT2D eigenvalue weighted by molar-refractivity contribution is 0.568. The van der Waals surface area contributed by atoms with Crippen LogP contribution in [0.1, 0.15) is 12.0 Å². The molecule has 0 bridgehead atoms. The highest BCUT2D eigenvalue weighted by Gasteiger charge is 2.09. The van der Waals surface area contributed by atoms with Gasteiger partial charge in [0.05, 0.1) is 0 Å². The van der Waals surface area contributed by atoms with E-state index in [0.29, 0.717) is 18.9 Å². The summed E-state index contributed by atoms with van der Waals surface area (Å²) in [6.45, 7) is 3.36. The monoisotopic (exact) mass is 218 g/mol. The summed E-state index contributed by atoms with van der Waals surface area (Å²) in [5.41, 5.74) is 7.39. The smallest absolute Gasteiger partial charge is 0.200 e. The summed E-state index contributed by atoms with van der Waals surface area (Å²) in [4.78, 5) is 4.26. The molecule has 2 heterocycles. The van der Waals surface area contributed by atoms with E-state index in [4.69, 9.17) is 5.73 Å². The number of aromatic nitrogens is 5. The van der Waals surface area contributed by atoms with E-state index in [1.54, 1.807) is 10.9 Å². The van der Waals surface area contributed by atoms with Crippen molar-refractivity contribution in [2.24, 2.45) is 5.73 Å². The van der Waals surface area contributed by atoms with Crippen molar-refractivity contribution in [3.63, 3.8) is 0 Å². The molecule has 0 aliphatic carbocycles. The molecule has 0 aliphatic rings. The molecule has 0 saturated heterocycles.